The van der Waals surface area contributed by atoms with Crippen molar-refractivity contribution in [2.45, 2.75) is 32.9 Å². The van der Waals surface area contributed by atoms with Gasteiger partial charge < -0.3 is 10.4 Å². The van der Waals surface area contributed by atoms with Crippen LogP contribution in [0.3, 0.4) is 0 Å². The number of carbonyl (C=O) groups is 1. The molecule has 0 spiro atoms. The molecular formula is C16H19N3O2. The molecule has 0 aliphatic heterocycles. The van der Waals surface area contributed by atoms with E-state index >= 15 is 0 Å². The maximum atomic E-state index is 12.0. The first-order valence-electron chi connectivity index (χ1n) is 6.90. The molecule has 110 valence electrons. The molecule has 0 atom stereocenters. The third kappa shape index (κ3) is 4.10. The number of nitrogens with zero attached hydrogens (tertiary/aromatic N) is 2. The van der Waals surface area contributed by atoms with Crippen molar-refractivity contribution in [1.82, 2.24) is 15.3 Å². The predicted octanol–water partition coefficient (Wildman–Crippen LogP) is 2.02. The standard InChI is InChI=1S/C16H19N3O2/c1-11(2)12-6-7-17-14(8-12)9-18-16(21)15-5-3-4-13(10-20)19-15/h3-8,11,20H,9-10H2,1-2H3,(H,18,21). The third-order valence-corrected chi connectivity index (χ3v) is 3.14. The molecule has 1 amide bonds. The zero-order chi connectivity index (χ0) is 15.2. The highest BCUT2D eigenvalue weighted by Crippen LogP contribution is 2.13. The maximum Gasteiger partial charge on any atom is 0.270 e. The predicted molar refractivity (Wildman–Crippen MR) is 79.7 cm³/mol. The highest BCUT2D eigenvalue weighted by atomic mass is 16.3. The Labute approximate surface area is 124 Å². The van der Waals surface area contributed by atoms with Gasteiger partial charge >= 0.3 is 0 Å². The number of rotatable bonds is 5. The maximum absolute atomic E-state index is 12.0. The monoisotopic (exact) mass is 285 g/mol. The van der Waals surface area contributed by atoms with E-state index in [1.54, 1.807) is 24.4 Å². The van der Waals surface area contributed by atoms with Gasteiger partial charge in [-0.2, -0.15) is 0 Å². The van der Waals surface area contributed by atoms with Gasteiger partial charge in [0, 0.05) is 6.20 Å². The summed E-state index contributed by atoms with van der Waals surface area (Å²) in [5.41, 5.74) is 2.77. The SMILES string of the molecule is CC(C)c1ccnc(CNC(=O)c2cccc(CO)n2)c1. The molecule has 5 heteroatoms. The fourth-order valence-corrected chi connectivity index (χ4v) is 1.91. The van der Waals surface area contributed by atoms with Gasteiger partial charge in [-0.1, -0.05) is 19.9 Å². The number of aromatic nitrogens is 2. The van der Waals surface area contributed by atoms with Crippen molar-refractivity contribution < 1.29 is 9.90 Å². The lowest BCUT2D eigenvalue weighted by molar-refractivity contribution is 0.0945. The van der Waals surface area contributed by atoms with Gasteiger partial charge in [-0.3, -0.25) is 9.78 Å². The molecule has 21 heavy (non-hydrogen) atoms. The largest absolute Gasteiger partial charge is 0.390 e. The van der Waals surface area contributed by atoms with Gasteiger partial charge in [0.05, 0.1) is 24.5 Å². The fraction of sp³-hybridized carbons (Fsp3) is 0.312. The van der Waals surface area contributed by atoms with E-state index in [1.165, 1.54) is 5.56 Å². The Kier molecular flexibility index (Phi) is 5.00. The second-order valence-corrected chi connectivity index (χ2v) is 5.09. The first-order valence-corrected chi connectivity index (χ1v) is 6.90. The topological polar surface area (TPSA) is 75.1 Å². The molecule has 0 fully saturated rings. The van der Waals surface area contributed by atoms with Crippen molar-refractivity contribution in [3.8, 4) is 0 Å². The van der Waals surface area contributed by atoms with Crippen molar-refractivity contribution in [2.75, 3.05) is 0 Å². The van der Waals surface area contributed by atoms with Gasteiger partial charge in [-0.05, 0) is 35.7 Å². The molecule has 0 aromatic carbocycles. The lowest BCUT2D eigenvalue weighted by atomic mass is 10.0. The third-order valence-electron chi connectivity index (χ3n) is 3.14. The Morgan fingerprint density at radius 1 is 1.29 bits per heavy atom. The van der Waals surface area contributed by atoms with E-state index in [0.717, 1.165) is 5.69 Å². The van der Waals surface area contributed by atoms with E-state index in [4.69, 9.17) is 5.11 Å². The zero-order valence-corrected chi connectivity index (χ0v) is 12.2. The lowest BCUT2D eigenvalue weighted by Crippen LogP contribution is -2.24. The molecule has 0 saturated heterocycles. The molecule has 5 nitrogen and oxygen atoms in total. The molecule has 0 bridgehead atoms. The Balaban J connectivity index is 2.02. The number of hydrogen-bond donors (Lipinski definition) is 2. The van der Waals surface area contributed by atoms with E-state index in [2.05, 4.69) is 29.1 Å². The Bertz CT molecular complexity index is 626. The summed E-state index contributed by atoms with van der Waals surface area (Å²) in [6, 6.07) is 8.95. The number of amides is 1. The number of aliphatic hydroxyl groups is 1. The van der Waals surface area contributed by atoms with Crippen LogP contribution < -0.4 is 5.32 Å². The summed E-state index contributed by atoms with van der Waals surface area (Å²) in [7, 11) is 0. The van der Waals surface area contributed by atoms with Crippen LogP contribution in [0, 0.1) is 0 Å². The first kappa shape index (κ1) is 15.1. The van der Waals surface area contributed by atoms with Crippen LogP contribution in [-0.2, 0) is 13.2 Å². The van der Waals surface area contributed by atoms with E-state index in [0.29, 0.717) is 23.9 Å². The second kappa shape index (κ2) is 6.95. The van der Waals surface area contributed by atoms with Crippen molar-refractivity contribution in [3.63, 3.8) is 0 Å². The number of carbonyl (C=O) groups excluding carboxylic acids is 1. The molecule has 0 saturated carbocycles. The van der Waals surface area contributed by atoms with E-state index in [-0.39, 0.29) is 12.5 Å². The lowest BCUT2D eigenvalue weighted by Gasteiger charge is -2.08. The highest BCUT2D eigenvalue weighted by Gasteiger charge is 2.08. The molecule has 0 aliphatic rings. The molecule has 0 radical (unpaired) electrons. The molecular weight excluding hydrogens is 266 g/mol. The molecule has 2 aromatic heterocycles. The average molecular weight is 285 g/mol. The molecule has 0 unspecified atom stereocenters. The molecule has 2 aromatic rings. The van der Waals surface area contributed by atoms with Gasteiger partial charge in [0.2, 0.25) is 0 Å². The number of hydrogen-bond acceptors (Lipinski definition) is 4. The molecule has 2 rings (SSSR count). The summed E-state index contributed by atoms with van der Waals surface area (Å²) < 4.78 is 0. The van der Waals surface area contributed by atoms with Gasteiger partial charge in [-0.15, -0.1) is 0 Å². The Morgan fingerprint density at radius 2 is 2.10 bits per heavy atom. The van der Waals surface area contributed by atoms with Crippen LogP contribution in [0.1, 0.15) is 47.2 Å². The van der Waals surface area contributed by atoms with Gasteiger partial charge in [-0.25, -0.2) is 4.98 Å². The minimum absolute atomic E-state index is 0.181. The zero-order valence-electron chi connectivity index (χ0n) is 12.2. The van der Waals surface area contributed by atoms with Crippen LogP contribution in [0.25, 0.3) is 0 Å². The summed E-state index contributed by atoms with van der Waals surface area (Å²) in [6.07, 6.45) is 1.75. The summed E-state index contributed by atoms with van der Waals surface area (Å²) in [5, 5.41) is 11.8. The van der Waals surface area contributed by atoms with Gasteiger partial charge in [0.25, 0.3) is 5.91 Å². The normalized spacial score (nSPS) is 10.7. The molecule has 2 heterocycles. The minimum atomic E-state index is -0.276. The number of pyridine rings is 2. The van der Waals surface area contributed by atoms with Crippen LogP contribution in [0.4, 0.5) is 0 Å². The second-order valence-electron chi connectivity index (χ2n) is 5.09. The first-order chi connectivity index (χ1) is 10.1. The number of aliphatic hydroxyl groups excluding tert-OH is 1. The summed E-state index contributed by atoms with van der Waals surface area (Å²) >= 11 is 0. The van der Waals surface area contributed by atoms with E-state index < -0.39 is 0 Å². The van der Waals surface area contributed by atoms with Crippen LogP contribution in [0.5, 0.6) is 0 Å². The molecule has 2 N–H and O–H groups in total. The van der Waals surface area contributed by atoms with E-state index in [1.807, 2.05) is 12.1 Å². The summed E-state index contributed by atoms with van der Waals surface area (Å²) in [6.45, 7) is 4.40. The smallest absolute Gasteiger partial charge is 0.270 e. The van der Waals surface area contributed by atoms with Crippen LogP contribution in [-0.4, -0.2) is 21.0 Å². The van der Waals surface area contributed by atoms with Gasteiger partial charge in [0.1, 0.15) is 5.69 Å². The summed E-state index contributed by atoms with van der Waals surface area (Å²) in [4.78, 5) is 20.3. The van der Waals surface area contributed by atoms with Crippen LogP contribution in [0.15, 0.2) is 36.5 Å². The molecule has 0 aliphatic carbocycles. The summed E-state index contributed by atoms with van der Waals surface area (Å²) in [5.74, 6) is 0.146. The average Bonchev–Trinajstić information content (AvgIpc) is 2.53. The van der Waals surface area contributed by atoms with Crippen LogP contribution in [0.2, 0.25) is 0 Å². The Morgan fingerprint density at radius 3 is 2.81 bits per heavy atom. The van der Waals surface area contributed by atoms with Gasteiger partial charge in [0.15, 0.2) is 0 Å². The van der Waals surface area contributed by atoms with Crippen molar-refractivity contribution in [1.29, 1.82) is 0 Å². The van der Waals surface area contributed by atoms with Crippen LogP contribution >= 0.6 is 0 Å². The van der Waals surface area contributed by atoms with Crippen molar-refractivity contribution in [2.24, 2.45) is 0 Å². The Hall–Kier alpha value is -2.27. The minimum Gasteiger partial charge on any atom is -0.390 e. The quantitative estimate of drug-likeness (QED) is 0.881. The van der Waals surface area contributed by atoms with Crippen molar-refractivity contribution in [3.05, 3.63) is 59.2 Å². The fourth-order valence-electron chi connectivity index (χ4n) is 1.91. The highest BCUT2D eigenvalue weighted by molar-refractivity contribution is 5.92. The van der Waals surface area contributed by atoms with Crippen molar-refractivity contribution >= 4 is 5.91 Å². The van der Waals surface area contributed by atoms with E-state index in [9.17, 15) is 4.79 Å². The number of nitrogens with one attached hydrogen (secondary N) is 1.